The van der Waals surface area contributed by atoms with E-state index in [-0.39, 0.29) is 11.3 Å². The van der Waals surface area contributed by atoms with Crippen LogP contribution in [0.2, 0.25) is 10.0 Å². The van der Waals surface area contributed by atoms with Gasteiger partial charge in [0.1, 0.15) is 17.1 Å². The van der Waals surface area contributed by atoms with E-state index < -0.39 is 22.7 Å². The Labute approximate surface area is 146 Å². The van der Waals surface area contributed by atoms with Crippen LogP contribution in [-0.4, -0.2) is 10.9 Å². The van der Waals surface area contributed by atoms with Gasteiger partial charge in [-0.1, -0.05) is 23.2 Å². The van der Waals surface area contributed by atoms with Gasteiger partial charge in [0.05, 0.1) is 0 Å². The van der Waals surface area contributed by atoms with Gasteiger partial charge in [-0.2, -0.15) is 0 Å². The molecule has 24 heavy (non-hydrogen) atoms. The van der Waals surface area contributed by atoms with Crippen molar-refractivity contribution in [3.63, 3.8) is 0 Å². The number of rotatable bonds is 3. The van der Waals surface area contributed by atoms with E-state index in [4.69, 9.17) is 27.6 Å². The number of hydrogen-bond acceptors (Lipinski definition) is 4. The summed E-state index contributed by atoms with van der Waals surface area (Å²) < 4.78 is 5.18. The summed E-state index contributed by atoms with van der Waals surface area (Å²) in [5.41, 5.74) is -0.562. The predicted octanol–water partition coefficient (Wildman–Crippen LogP) is 4.55. The second kappa shape index (κ2) is 6.51. The van der Waals surface area contributed by atoms with E-state index in [1.807, 2.05) is 0 Å². The molecule has 1 aromatic heterocycles. The van der Waals surface area contributed by atoms with Crippen molar-refractivity contribution in [3.8, 4) is 17.1 Å². The Kier molecular flexibility index (Phi) is 4.42. The van der Waals surface area contributed by atoms with Crippen molar-refractivity contribution < 1.29 is 14.3 Å². The molecule has 0 saturated carbocycles. The van der Waals surface area contributed by atoms with Gasteiger partial charge >= 0.3 is 5.63 Å². The fraction of sp³-hybridized carbons (Fsp3) is 0. The van der Waals surface area contributed by atoms with Crippen LogP contribution in [0.25, 0.3) is 11.3 Å². The van der Waals surface area contributed by atoms with Crippen LogP contribution in [-0.2, 0) is 0 Å². The molecule has 0 fully saturated rings. The molecule has 0 atom stereocenters. The fourth-order valence-electron chi connectivity index (χ4n) is 2.19. The summed E-state index contributed by atoms with van der Waals surface area (Å²) >= 11 is 11.6. The summed E-state index contributed by atoms with van der Waals surface area (Å²) in [5, 5.41) is 11.1. The molecule has 3 aromatic rings. The first-order valence-corrected chi connectivity index (χ1v) is 7.64. The Hall–Kier alpha value is -2.56. The van der Waals surface area contributed by atoms with E-state index in [9.17, 15) is 14.7 Å². The zero-order valence-corrected chi connectivity index (χ0v) is 13.6. The topological polar surface area (TPSA) is 67.5 Å². The van der Waals surface area contributed by atoms with Crippen LogP contribution in [0.5, 0.6) is 5.75 Å². The number of halogens is 2. The average Bonchev–Trinajstić information content (AvgIpc) is 2.55. The summed E-state index contributed by atoms with van der Waals surface area (Å²) in [6.07, 6.45) is 0. The lowest BCUT2D eigenvalue weighted by molar-refractivity contribution is 0.103. The smallest absolute Gasteiger partial charge is 0.351 e. The minimum atomic E-state index is -0.917. The van der Waals surface area contributed by atoms with Crippen LogP contribution in [0.15, 0.2) is 63.8 Å². The highest BCUT2D eigenvalue weighted by atomic mass is 35.5. The van der Waals surface area contributed by atoms with Gasteiger partial charge < -0.3 is 9.52 Å². The molecule has 6 heteroatoms. The molecule has 0 radical (unpaired) electrons. The number of carbonyl (C=O) groups is 1. The van der Waals surface area contributed by atoms with Crippen molar-refractivity contribution in [2.45, 2.75) is 0 Å². The molecule has 0 unspecified atom stereocenters. The fourth-order valence-corrected chi connectivity index (χ4v) is 2.44. The normalized spacial score (nSPS) is 10.6. The third-order valence-electron chi connectivity index (χ3n) is 3.39. The van der Waals surface area contributed by atoms with E-state index in [0.29, 0.717) is 15.6 Å². The maximum absolute atomic E-state index is 12.4. The van der Waals surface area contributed by atoms with E-state index in [0.717, 1.165) is 0 Å². The monoisotopic (exact) mass is 360 g/mol. The highest BCUT2D eigenvalue weighted by molar-refractivity contribution is 6.31. The molecule has 0 aliphatic rings. The van der Waals surface area contributed by atoms with Crippen molar-refractivity contribution in [2.24, 2.45) is 0 Å². The SMILES string of the molecule is O=C(c1ccc(Cl)cc1)c1c(O)cc(-c2ccc(Cl)cc2)oc1=O. The van der Waals surface area contributed by atoms with Crippen molar-refractivity contribution in [3.05, 3.63) is 86.2 Å². The highest BCUT2D eigenvalue weighted by Gasteiger charge is 2.21. The standard InChI is InChI=1S/C18H10Cl2O4/c19-12-5-1-10(2-6-12)15-9-14(21)16(18(23)24-15)17(22)11-3-7-13(20)8-4-11/h1-9,21H. The first kappa shape index (κ1) is 16.3. The zero-order valence-electron chi connectivity index (χ0n) is 12.1. The summed E-state index contributed by atoms with van der Waals surface area (Å²) in [6.45, 7) is 0. The van der Waals surface area contributed by atoms with Gasteiger partial charge in [-0.15, -0.1) is 0 Å². The van der Waals surface area contributed by atoms with E-state index in [1.165, 1.54) is 30.3 Å². The maximum Gasteiger partial charge on any atom is 0.351 e. The molecule has 2 aromatic carbocycles. The molecule has 0 aliphatic heterocycles. The van der Waals surface area contributed by atoms with Gasteiger partial charge in [0.25, 0.3) is 0 Å². The van der Waals surface area contributed by atoms with E-state index in [1.54, 1.807) is 24.3 Å². The molecular formula is C18H10Cl2O4. The van der Waals surface area contributed by atoms with Crippen molar-refractivity contribution in [1.29, 1.82) is 0 Å². The molecule has 1 heterocycles. The number of ketones is 1. The number of benzene rings is 2. The number of aromatic hydroxyl groups is 1. The Bertz CT molecular complexity index is 958. The highest BCUT2D eigenvalue weighted by Crippen LogP contribution is 2.26. The molecule has 1 N–H and O–H groups in total. The predicted molar refractivity (Wildman–Crippen MR) is 92.0 cm³/mol. The second-order valence-electron chi connectivity index (χ2n) is 5.00. The van der Waals surface area contributed by atoms with Gasteiger partial charge in [0.2, 0.25) is 5.78 Å². The lowest BCUT2D eigenvalue weighted by Crippen LogP contribution is -2.15. The van der Waals surface area contributed by atoms with Gasteiger partial charge in [-0.3, -0.25) is 4.79 Å². The molecule has 4 nitrogen and oxygen atoms in total. The third kappa shape index (κ3) is 3.20. The van der Waals surface area contributed by atoms with Crippen molar-refractivity contribution >= 4 is 29.0 Å². The molecule has 0 spiro atoms. The van der Waals surface area contributed by atoms with E-state index in [2.05, 4.69) is 0 Å². The van der Waals surface area contributed by atoms with Crippen LogP contribution in [0.1, 0.15) is 15.9 Å². The molecule has 0 aliphatic carbocycles. The lowest BCUT2D eigenvalue weighted by Gasteiger charge is -2.06. The minimum absolute atomic E-state index is 0.141. The Morgan fingerprint density at radius 2 is 1.46 bits per heavy atom. The van der Waals surface area contributed by atoms with Gasteiger partial charge in [0.15, 0.2) is 0 Å². The van der Waals surface area contributed by atoms with Gasteiger partial charge in [-0.05, 0) is 48.5 Å². The van der Waals surface area contributed by atoms with Crippen molar-refractivity contribution in [1.82, 2.24) is 0 Å². The average molecular weight is 361 g/mol. The minimum Gasteiger partial charge on any atom is -0.507 e. The molecule has 0 bridgehead atoms. The van der Waals surface area contributed by atoms with Crippen LogP contribution in [0.3, 0.4) is 0 Å². The number of hydrogen-bond donors (Lipinski definition) is 1. The van der Waals surface area contributed by atoms with E-state index >= 15 is 0 Å². The van der Waals surface area contributed by atoms with Gasteiger partial charge in [0, 0.05) is 27.2 Å². The van der Waals surface area contributed by atoms with Crippen molar-refractivity contribution in [2.75, 3.05) is 0 Å². The quantitative estimate of drug-likeness (QED) is 0.695. The molecule has 120 valence electrons. The summed E-state index contributed by atoms with van der Waals surface area (Å²) in [6, 6.07) is 13.7. The Morgan fingerprint density at radius 1 is 0.917 bits per heavy atom. The second-order valence-corrected chi connectivity index (χ2v) is 5.87. The molecule has 3 rings (SSSR count). The molecular weight excluding hydrogens is 351 g/mol. The zero-order chi connectivity index (χ0) is 17.3. The largest absolute Gasteiger partial charge is 0.507 e. The van der Waals surface area contributed by atoms with Crippen LogP contribution in [0.4, 0.5) is 0 Å². The molecule has 0 amide bonds. The first-order chi connectivity index (χ1) is 11.5. The molecule has 0 saturated heterocycles. The summed E-state index contributed by atoms with van der Waals surface area (Å²) in [7, 11) is 0. The lowest BCUT2D eigenvalue weighted by atomic mass is 10.0. The summed E-state index contributed by atoms with van der Waals surface area (Å²) in [4.78, 5) is 24.6. The third-order valence-corrected chi connectivity index (χ3v) is 3.90. The van der Waals surface area contributed by atoms with Crippen LogP contribution in [0, 0.1) is 0 Å². The Morgan fingerprint density at radius 3 is 2.00 bits per heavy atom. The summed E-state index contributed by atoms with van der Waals surface area (Å²) in [5.74, 6) is -0.946. The first-order valence-electron chi connectivity index (χ1n) is 6.89. The van der Waals surface area contributed by atoms with Gasteiger partial charge in [-0.25, -0.2) is 4.79 Å². The number of carbonyl (C=O) groups excluding carboxylic acids is 1. The maximum atomic E-state index is 12.4. The van der Waals surface area contributed by atoms with Crippen LogP contribution < -0.4 is 5.63 Å². The van der Waals surface area contributed by atoms with Crippen LogP contribution >= 0.6 is 23.2 Å². The Balaban J connectivity index is 2.04.